The Hall–Kier alpha value is -1.96. The van der Waals surface area contributed by atoms with Crippen molar-refractivity contribution in [2.24, 2.45) is 0 Å². The van der Waals surface area contributed by atoms with Crippen LogP contribution in [0, 0.1) is 0 Å². The first-order chi connectivity index (χ1) is 12.0. The normalized spacial score (nSPS) is 16.5. The van der Waals surface area contributed by atoms with Gasteiger partial charge in [-0.15, -0.1) is 0 Å². The standard InChI is InChI=1S/C17H18ClN3O3S/c18-15-5-1-2-6-16(15)25(23,24)21-10-7-14(8-11-21)20-17(22)13-4-3-9-19-12-13/h1-6,9,12,14H,7-8,10-11H2,(H,20,22). The summed E-state index contributed by atoms with van der Waals surface area (Å²) in [5.41, 5.74) is 0.494. The van der Waals surface area contributed by atoms with E-state index in [1.165, 1.54) is 16.6 Å². The smallest absolute Gasteiger partial charge is 0.253 e. The minimum atomic E-state index is -3.62. The molecule has 0 aliphatic carbocycles. The van der Waals surface area contributed by atoms with Crippen molar-refractivity contribution < 1.29 is 13.2 Å². The molecule has 132 valence electrons. The van der Waals surface area contributed by atoms with Crippen LogP contribution in [-0.2, 0) is 10.0 Å². The second kappa shape index (κ2) is 7.51. The quantitative estimate of drug-likeness (QED) is 0.884. The SMILES string of the molecule is O=C(NC1CCN(S(=O)(=O)c2ccccc2Cl)CC1)c1cccnc1. The number of rotatable bonds is 4. The predicted octanol–water partition coefficient (Wildman–Crippen LogP) is 2.32. The van der Waals surface area contributed by atoms with Crippen molar-refractivity contribution in [3.05, 3.63) is 59.4 Å². The molecule has 1 amide bonds. The number of nitrogens with zero attached hydrogens (tertiary/aromatic N) is 2. The number of sulfonamides is 1. The van der Waals surface area contributed by atoms with Gasteiger partial charge in [-0.05, 0) is 37.1 Å². The number of aromatic nitrogens is 1. The summed E-state index contributed by atoms with van der Waals surface area (Å²) in [4.78, 5) is 16.2. The van der Waals surface area contributed by atoms with E-state index >= 15 is 0 Å². The van der Waals surface area contributed by atoms with Gasteiger partial charge in [0, 0.05) is 31.5 Å². The molecule has 1 aromatic heterocycles. The summed E-state index contributed by atoms with van der Waals surface area (Å²) in [6, 6.07) is 9.75. The molecule has 8 heteroatoms. The molecule has 1 fully saturated rings. The van der Waals surface area contributed by atoms with Crippen molar-refractivity contribution in [2.75, 3.05) is 13.1 Å². The fourth-order valence-electron chi connectivity index (χ4n) is 2.80. The number of hydrogen-bond donors (Lipinski definition) is 1. The third kappa shape index (κ3) is 4.00. The van der Waals surface area contributed by atoms with E-state index in [1.807, 2.05) is 0 Å². The summed E-state index contributed by atoms with van der Waals surface area (Å²) in [5, 5.41) is 3.15. The van der Waals surface area contributed by atoms with Gasteiger partial charge in [0.15, 0.2) is 0 Å². The molecule has 0 unspecified atom stereocenters. The fourth-order valence-corrected chi connectivity index (χ4v) is 4.76. The molecule has 1 aliphatic rings. The third-order valence-corrected chi connectivity index (χ3v) is 6.57. The molecule has 6 nitrogen and oxygen atoms in total. The van der Waals surface area contributed by atoms with Crippen LogP contribution in [-0.4, -0.2) is 42.7 Å². The zero-order valence-electron chi connectivity index (χ0n) is 13.4. The average Bonchev–Trinajstić information content (AvgIpc) is 2.63. The van der Waals surface area contributed by atoms with E-state index in [9.17, 15) is 13.2 Å². The molecule has 2 aromatic rings. The van der Waals surface area contributed by atoms with Gasteiger partial charge in [0.1, 0.15) is 4.90 Å². The van der Waals surface area contributed by atoms with E-state index in [1.54, 1.807) is 36.5 Å². The maximum Gasteiger partial charge on any atom is 0.253 e. The molecule has 0 atom stereocenters. The molecular formula is C17H18ClN3O3S. The van der Waals surface area contributed by atoms with Gasteiger partial charge in [-0.3, -0.25) is 9.78 Å². The number of amides is 1. The third-order valence-electron chi connectivity index (χ3n) is 4.17. The van der Waals surface area contributed by atoms with Crippen molar-refractivity contribution in [3.63, 3.8) is 0 Å². The van der Waals surface area contributed by atoms with Crippen LogP contribution in [0.25, 0.3) is 0 Å². The van der Waals surface area contributed by atoms with Gasteiger partial charge in [-0.1, -0.05) is 23.7 Å². The fraction of sp³-hybridized carbons (Fsp3) is 0.294. The molecule has 1 N–H and O–H groups in total. The molecule has 1 aliphatic heterocycles. The second-order valence-corrected chi connectivity index (χ2v) is 8.14. The van der Waals surface area contributed by atoms with Gasteiger partial charge < -0.3 is 5.32 Å². The summed E-state index contributed by atoms with van der Waals surface area (Å²) in [5.74, 6) is -0.194. The number of nitrogens with one attached hydrogen (secondary N) is 1. The molecule has 25 heavy (non-hydrogen) atoms. The summed E-state index contributed by atoms with van der Waals surface area (Å²) in [6.07, 6.45) is 4.21. The largest absolute Gasteiger partial charge is 0.349 e. The Morgan fingerprint density at radius 3 is 2.52 bits per heavy atom. The van der Waals surface area contributed by atoms with E-state index in [0.29, 0.717) is 31.5 Å². The van der Waals surface area contributed by atoms with Crippen LogP contribution in [0.4, 0.5) is 0 Å². The summed E-state index contributed by atoms with van der Waals surface area (Å²) in [6.45, 7) is 0.678. The van der Waals surface area contributed by atoms with Crippen molar-refractivity contribution in [3.8, 4) is 0 Å². The summed E-state index contributed by atoms with van der Waals surface area (Å²) < 4.78 is 26.8. The van der Waals surface area contributed by atoms with Crippen LogP contribution in [0.2, 0.25) is 5.02 Å². The zero-order chi connectivity index (χ0) is 17.9. The summed E-state index contributed by atoms with van der Waals surface area (Å²) >= 11 is 6.02. The number of hydrogen-bond acceptors (Lipinski definition) is 4. The first kappa shape index (κ1) is 17.8. The number of benzene rings is 1. The Bertz CT molecular complexity index is 850. The van der Waals surface area contributed by atoms with Crippen LogP contribution in [0.15, 0.2) is 53.7 Å². The average molecular weight is 380 g/mol. The van der Waals surface area contributed by atoms with Crippen molar-refractivity contribution in [1.82, 2.24) is 14.6 Å². The molecule has 0 spiro atoms. The topological polar surface area (TPSA) is 79.4 Å². The Kier molecular flexibility index (Phi) is 5.36. The van der Waals surface area contributed by atoms with Crippen molar-refractivity contribution in [2.45, 2.75) is 23.8 Å². The Balaban J connectivity index is 1.62. The highest BCUT2D eigenvalue weighted by Crippen LogP contribution is 2.26. The maximum atomic E-state index is 12.7. The van der Waals surface area contributed by atoms with Crippen LogP contribution in [0.1, 0.15) is 23.2 Å². The minimum Gasteiger partial charge on any atom is -0.349 e. The minimum absolute atomic E-state index is 0.0644. The first-order valence-corrected chi connectivity index (χ1v) is 9.76. The molecule has 3 rings (SSSR count). The number of pyridine rings is 1. The second-order valence-electron chi connectivity index (χ2n) is 5.82. The zero-order valence-corrected chi connectivity index (χ0v) is 15.0. The van der Waals surface area contributed by atoms with E-state index in [2.05, 4.69) is 10.3 Å². The number of piperidine rings is 1. The highest BCUT2D eigenvalue weighted by atomic mass is 35.5. The van der Waals surface area contributed by atoms with Crippen LogP contribution in [0.5, 0.6) is 0 Å². The number of carbonyl (C=O) groups is 1. The number of carbonyl (C=O) groups excluding carboxylic acids is 1. The van der Waals surface area contributed by atoms with Crippen molar-refractivity contribution in [1.29, 1.82) is 0 Å². The van der Waals surface area contributed by atoms with Gasteiger partial charge >= 0.3 is 0 Å². The lowest BCUT2D eigenvalue weighted by molar-refractivity contribution is 0.0923. The molecule has 0 bridgehead atoms. The van der Waals surface area contributed by atoms with Gasteiger partial charge in [0.25, 0.3) is 5.91 Å². The van der Waals surface area contributed by atoms with E-state index in [-0.39, 0.29) is 21.9 Å². The summed E-state index contributed by atoms with van der Waals surface area (Å²) in [7, 11) is -3.62. The van der Waals surface area contributed by atoms with Crippen molar-refractivity contribution >= 4 is 27.5 Å². The van der Waals surface area contributed by atoms with Gasteiger partial charge in [0.05, 0.1) is 10.6 Å². The lowest BCUT2D eigenvalue weighted by Crippen LogP contribution is -2.46. The molecule has 2 heterocycles. The van der Waals surface area contributed by atoms with Crippen LogP contribution >= 0.6 is 11.6 Å². The molecule has 1 saturated heterocycles. The highest BCUT2D eigenvalue weighted by molar-refractivity contribution is 7.89. The number of halogens is 1. The van der Waals surface area contributed by atoms with Gasteiger partial charge in [-0.25, -0.2) is 8.42 Å². The monoisotopic (exact) mass is 379 g/mol. The van der Waals surface area contributed by atoms with Crippen LogP contribution < -0.4 is 5.32 Å². The molecule has 0 saturated carbocycles. The Morgan fingerprint density at radius 1 is 1.16 bits per heavy atom. The van der Waals surface area contributed by atoms with E-state index in [4.69, 9.17) is 11.6 Å². The maximum absolute atomic E-state index is 12.7. The Morgan fingerprint density at radius 2 is 1.88 bits per heavy atom. The van der Waals surface area contributed by atoms with Crippen LogP contribution in [0.3, 0.4) is 0 Å². The highest BCUT2D eigenvalue weighted by Gasteiger charge is 2.31. The first-order valence-electron chi connectivity index (χ1n) is 7.94. The van der Waals surface area contributed by atoms with E-state index < -0.39 is 10.0 Å². The van der Waals surface area contributed by atoms with Gasteiger partial charge in [0.2, 0.25) is 10.0 Å². The molecular weight excluding hydrogens is 362 g/mol. The lowest BCUT2D eigenvalue weighted by atomic mass is 10.1. The predicted molar refractivity (Wildman–Crippen MR) is 94.9 cm³/mol. The Labute approximate surface area is 151 Å². The van der Waals surface area contributed by atoms with Gasteiger partial charge in [-0.2, -0.15) is 4.31 Å². The molecule has 1 aromatic carbocycles. The lowest BCUT2D eigenvalue weighted by Gasteiger charge is -2.31. The molecule has 0 radical (unpaired) electrons. The van der Waals surface area contributed by atoms with E-state index in [0.717, 1.165) is 0 Å².